The van der Waals surface area contributed by atoms with Crippen molar-refractivity contribution in [3.8, 4) is 0 Å². The van der Waals surface area contributed by atoms with E-state index in [1.54, 1.807) is 0 Å². The Hall–Kier alpha value is -0.240. The maximum atomic E-state index is 6.25. The molecule has 0 aliphatic rings. The SMILES string of the molecule is CCNC(CCC(C)(C)C)Cc1ccc(Cl)cc1Cl. The largest absolute Gasteiger partial charge is 0.314 e. The molecule has 19 heavy (non-hydrogen) atoms. The first-order valence-electron chi connectivity index (χ1n) is 6.99. The zero-order valence-electron chi connectivity index (χ0n) is 12.4. The molecule has 0 saturated carbocycles. The van der Waals surface area contributed by atoms with Gasteiger partial charge in [-0.1, -0.05) is 57.0 Å². The molecular formula is C16H25Cl2N. The lowest BCUT2D eigenvalue weighted by molar-refractivity contribution is 0.330. The van der Waals surface area contributed by atoms with Crippen LogP contribution in [-0.4, -0.2) is 12.6 Å². The molecule has 1 aromatic rings. The standard InChI is InChI=1S/C16H25Cl2N/c1-5-19-14(8-9-16(2,3)4)10-12-6-7-13(17)11-15(12)18/h6-7,11,14,19H,5,8-10H2,1-4H3. The van der Waals surface area contributed by atoms with E-state index in [4.69, 9.17) is 23.2 Å². The predicted octanol–water partition coefficient (Wildman–Crippen LogP) is 5.34. The van der Waals surface area contributed by atoms with Crippen LogP contribution in [0.5, 0.6) is 0 Å². The normalized spacial score (nSPS) is 13.6. The van der Waals surface area contributed by atoms with E-state index in [1.165, 1.54) is 12.0 Å². The lowest BCUT2D eigenvalue weighted by Crippen LogP contribution is -2.32. The van der Waals surface area contributed by atoms with Gasteiger partial charge >= 0.3 is 0 Å². The molecular weight excluding hydrogens is 277 g/mol. The Morgan fingerprint density at radius 1 is 1.21 bits per heavy atom. The zero-order valence-corrected chi connectivity index (χ0v) is 13.9. The Morgan fingerprint density at radius 3 is 2.42 bits per heavy atom. The average Bonchev–Trinajstić information content (AvgIpc) is 2.28. The Morgan fingerprint density at radius 2 is 1.89 bits per heavy atom. The van der Waals surface area contributed by atoms with Gasteiger partial charge in [0, 0.05) is 16.1 Å². The molecule has 0 spiro atoms. The van der Waals surface area contributed by atoms with E-state index in [1.807, 2.05) is 18.2 Å². The number of hydrogen-bond acceptors (Lipinski definition) is 1. The van der Waals surface area contributed by atoms with Gasteiger partial charge in [0.05, 0.1) is 0 Å². The van der Waals surface area contributed by atoms with Crippen LogP contribution >= 0.6 is 23.2 Å². The minimum atomic E-state index is 0.372. The van der Waals surface area contributed by atoms with Crippen LogP contribution in [0.1, 0.15) is 46.1 Å². The van der Waals surface area contributed by atoms with E-state index in [2.05, 4.69) is 33.0 Å². The fraction of sp³-hybridized carbons (Fsp3) is 0.625. The smallest absolute Gasteiger partial charge is 0.0453 e. The van der Waals surface area contributed by atoms with Crippen LogP contribution in [0.25, 0.3) is 0 Å². The van der Waals surface area contributed by atoms with Crippen LogP contribution < -0.4 is 5.32 Å². The summed E-state index contributed by atoms with van der Waals surface area (Å²) in [5.41, 5.74) is 1.54. The molecule has 0 radical (unpaired) electrons. The third kappa shape index (κ3) is 6.65. The summed E-state index contributed by atoms with van der Waals surface area (Å²) in [4.78, 5) is 0. The van der Waals surface area contributed by atoms with Crippen molar-refractivity contribution in [2.75, 3.05) is 6.54 Å². The molecule has 0 bridgehead atoms. The Bertz CT molecular complexity index is 396. The highest BCUT2D eigenvalue weighted by Crippen LogP contribution is 2.25. The van der Waals surface area contributed by atoms with E-state index in [9.17, 15) is 0 Å². The summed E-state index contributed by atoms with van der Waals surface area (Å²) in [6, 6.07) is 6.25. The van der Waals surface area contributed by atoms with Gasteiger partial charge in [-0.15, -0.1) is 0 Å². The molecule has 1 aromatic carbocycles. The first-order chi connectivity index (χ1) is 8.81. The number of benzene rings is 1. The first kappa shape index (κ1) is 16.8. The van der Waals surface area contributed by atoms with E-state index in [0.717, 1.165) is 24.4 Å². The molecule has 108 valence electrons. The minimum Gasteiger partial charge on any atom is -0.314 e. The maximum absolute atomic E-state index is 6.25. The van der Waals surface area contributed by atoms with Crippen LogP contribution in [0.2, 0.25) is 10.0 Å². The summed E-state index contributed by atoms with van der Waals surface area (Å²) in [7, 11) is 0. The van der Waals surface area contributed by atoms with Crippen molar-refractivity contribution in [2.24, 2.45) is 5.41 Å². The van der Waals surface area contributed by atoms with Gasteiger partial charge in [0.15, 0.2) is 0 Å². The predicted molar refractivity (Wildman–Crippen MR) is 86.3 cm³/mol. The summed E-state index contributed by atoms with van der Waals surface area (Å²) < 4.78 is 0. The monoisotopic (exact) mass is 301 g/mol. The second-order valence-electron chi connectivity index (χ2n) is 6.29. The van der Waals surface area contributed by atoms with Crippen molar-refractivity contribution in [1.29, 1.82) is 0 Å². The lowest BCUT2D eigenvalue weighted by Gasteiger charge is -2.24. The third-order valence-electron chi connectivity index (χ3n) is 3.22. The van der Waals surface area contributed by atoms with E-state index in [0.29, 0.717) is 16.5 Å². The third-order valence-corrected chi connectivity index (χ3v) is 3.80. The zero-order chi connectivity index (χ0) is 14.5. The van der Waals surface area contributed by atoms with Crippen molar-refractivity contribution in [2.45, 2.75) is 53.0 Å². The molecule has 1 rings (SSSR count). The molecule has 1 nitrogen and oxygen atoms in total. The summed E-state index contributed by atoms with van der Waals surface area (Å²) in [5, 5.41) is 5.02. The number of rotatable bonds is 6. The molecule has 0 aromatic heterocycles. The van der Waals surface area contributed by atoms with Gasteiger partial charge in [-0.2, -0.15) is 0 Å². The summed E-state index contributed by atoms with van der Waals surface area (Å²) in [5.74, 6) is 0. The quantitative estimate of drug-likeness (QED) is 0.748. The van der Waals surface area contributed by atoms with Crippen molar-refractivity contribution >= 4 is 23.2 Å². The van der Waals surface area contributed by atoms with Gasteiger partial charge in [-0.3, -0.25) is 0 Å². The van der Waals surface area contributed by atoms with Gasteiger partial charge in [0.2, 0.25) is 0 Å². The molecule has 0 aliphatic carbocycles. The van der Waals surface area contributed by atoms with Crippen LogP contribution in [-0.2, 0) is 6.42 Å². The number of likely N-dealkylation sites (N-methyl/N-ethyl adjacent to an activating group) is 1. The first-order valence-corrected chi connectivity index (χ1v) is 7.74. The molecule has 1 atom stereocenters. The molecule has 3 heteroatoms. The highest BCUT2D eigenvalue weighted by Gasteiger charge is 2.16. The van der Waals surface area contributed by atoms with Crippen molar-refractivity contribution in [1.82, 2.24) is 5.32 Å². The van der Waals surface area contributed by atoms with E-state index < -0.39 is 0 Å². The van der Waals surface area contributed by atoms with E-state index in [-0.39, 0.29) is 0 Å². The van der Waals surface area contributed by atoms with Gasteiger partial charge in [-0.25, -0.2) is 0 Å². The Labute approximate surface area is 127 Å². The van der Waals surface area contributed by atoms with Gasteiger partial charge < -0.3 is 5.32 Å². The number of nitrogens with one attached hydrogen (secondary N) is 1. The van der Waals surface area contributed by atoms with E-state index >= 15 is 0 Å². The van der Waals surface area contributed by atoms with Crippen LogP contribution in [0.4, 0.5) is 0 Å². The highest BCUT2D eigenvalue weighted by molar-refractivity contribution is 6.35. The molecule has 0 heterocycles. The molecule has 0 fully saturated rings. The molecule has 1 unspecified atom stereocenters. The highest BCUT2D eigenvalue weighted by atomic mass is 35.5. The summed E-state index contributed by atoms with van der Waals surface area (Å²) in [6.45, 7) is 9.98. The van der Waals surface area contributed by atoms with Gasteiger partial charge in [-0.05, 0) is 48.9 Å². The fourth-order valence-corrected chi connectivity index (χ4v) is 2.61. The Kier molecular flexibility index (Phi) is 6.65. The second-order valence-corrected chi connectivity index (χ2v) is 7.14. The summed E-state index contributed by atoms with van der Waals surface area (Å²) in [6.07, 6.45) is 3.33. The van der Waals surface area contributed by atoms with Crippen LogP contribution in [0.3, 0.4) is 0 Å². The Balaban J connectivity index is 2.67. The van der Waals surface area contributed by atoms with Crippen molar-refractivity contribution in [3.05, 3.63) is 33.8 Å². The second kappa shape index (κ2) is 7.52. The van der Waals surface area contributed by atoms with Crippen molar-refractivity contribution in [3.63, 3.8) is 0 Å². The van der Waals surface area contributed by atoms with Gasteiger partial charge in [0.1, 0.15) is 0 Å². The topological polar surface area (TPSA) is 12.0 Å². The number of halogens is 2. The lowest BCUT2D eigenvalue weighted by atomic mass is 9.87. The molecule has 0 aliphatic heterocycles. The van der Waals surface area contributed by atoms with Crippen LogP contribution in [0, 0.1) is 5.41 Å². The minimum absolute atomic E-state index is 0.372. The van der Waals surface area contributed by atoms with Gasteiger partial charge in [0.25, 0.3) is 0 Å². The molecule has 0 saturated heterocycles. The molecule has 1 N–H and O–H groups in total. The average molecular weight is 302 g/mol. The maximum Gasteiger partial charge on any atom is 0.0453 e. The van der Waals surface area contributed by atoms with Crippen LogP contribution in [0.15, 0.2) is 18.2 Å². The molecule has 0 amide bonds. The summed E-state index contributed by atoms with van der Waals surface area (Å²) >= 11 is 12.2. The number of hydrogen-bond donors (Lipinski definition) is 1. The van der Waals surface area contributed by atoms with Crippen molar-refractivity contribution < 1.29 is 0 Å². The fourth-order valence-electron chi connectivity index (χ4n) is 2.12.